The van der Waals surface area contributed by atoms with E-state index in [1.807, 2.05) is 44.3 Å². The number of hydrogen-bond acceptors (Lipinski definition) is 3. The van der Waals surface area contributed by atoms with Gasteiger partial charge in [0.15, 0.2) is 5.78 Å². The zero-order valence-corrected chi connectivity index (χ0v) is 12.6. The van der Waals surface area contributed by atoms with Crippen LogP contribution in [0.5, 0.6) is 5.75 Å². The van der Waals surface area contributed by atoms with E-state index in [2.05, 4.69) is 4.98 Å². The van der Waals surface area contributed by atoms with E-state index in [1.54, 1.807) is 7.11 Å². The Hall–Kier alpha value is -2.16. The van der Waals surface area contributed by atoms with Crippen molar-refractivity contribution in [2.45, 2.75) is 26.7 Å². The van der Waals surface area contributed by atoms with Gasteiger partial charge in [0.05, 0.1) is 7.11 Å². The van der Waals surface area contributed by atoms with Crippen molar-refractivity contribution in [1.29, 1.82) is 0 Å². The summed E-state index contributed by atoms with van der Waals surface area (Å²) in [6.07, 6.45) is 3.32. The molecule has 0 saturated carbocycles. The van der Waals surface area contributed by atoms with Crippen molar-refractivity contribution in [2.24, 2.45) is 5.92 Å². The Morgan fingerprint density at radius 1 is 1.29 bits per heavy atom. The molecule has 0 N–H and O–H groups in total. The van der Waals surface area contributed by atoms with E-state index in [0.29, 0.717) is 6.42 Å². The third kappa shape index (κ3) is 2.33. The minimum absolute atomic E-state index is 0.000937. The van der Waals surface area contributed by atoms with Crippen LogP contribution in [0.2, 0.25) is 0 Å². The Morgan fingerprint density at radius 2 is 2.05 bits per heavy atom. The molecule has 3 heteroatoms. The number of benzene rings is 1. The third-order valence-corrected chi connectivity index (χ3v) is 4.31. The van der Waals surface area contributed by atoms with Crippen molar-refractivity contribution >= 4 is 5.78 Å². The van der Waals surface area contributed by atoms with Gasteiger partial charge in [0, 0.05) is 40.9 Å². The lowest BCUT2D eigenvalue weighted by atomic mass is 9.96. The van der Waals surface area contributed by atoms with Crippen molar-refractivity contribution in [2.75, 3.05) is 7.11 Å². The molecule has 1 aromatic carbocycles. The van der Waals surface area contributed by atoms with Gasteiger partial charge in [-0.25, -0.2) is 0 Å². The van der Waals surface area contributed by atoms with E-state index in [4.69, 9.17) is 4.74 Å². The van der Waals surface area contributed by atoms with E-state index in [-0.39, 0.29) is 11.7 Å². The summed E-state index contributed by atoms with van der Waals surface area (Å²) in [5.74, 6) is 1.12. The first-order chi connectivity index (χ1) is 10.1. The summed E-state index contributed by atoms with van der Waals surface area (Å²) in [7, 11) is 1.68. The molecule has 0 bridgehead atoms. The van der Waals surface area contributed by atoms with Gasteiger partial charge in [0.25, 0.3) is 0 Å². The molecule has 2 aromatic rings. The fraction of sp³-hybridized carbons (Fsp3) is 0.333. The van der Waals surface area contributed by atoms with Crippen molar-refractivity contribution in [3.63, 3.8) is 0 Å². The second-order valence-electron chi connectivity index (χ2n) is 5.67. The summed E-state index contributed by atoms with van der Waals surface area (Å²) in [6, 6.07) is 7.89. The summed E-state index contributed by atoms with van der Waals surface area (Å²) in [6.45, 7) is 4.00. The highest BCUT2D eigenvalue weighted by Gasteiger charge is 2.31. The molecule has 1 unspecified atom stereocenters. The van der Waals surface area contributed by atoms with E-state index in [0.717, 1.165) is 40.1 Å². The highest BCUT2D eigenvalue weighted by atomic mass is 16.5. The zero-order chi connectivity index (χ0) is 15.0. The molecule has 0 aliphatic heterocycles. The Balaban J connectivity index is 1.88. The number of rotatable bonds is 3. The number of aromatic nitrogens is 1. The quantitative estimate of drug-likeness (QED) is 0.866. The van der Waals surface area contributed by atoms with Crippen LogP contribution in [0.15, 0.2) is 30.5 Å². The van der Waals surface area contributed by atoms with Crippen molar-refractivity contribution in [1.82, 2.24) is 4.98 Å². The molecule has 108 valence electrons. The van der Waals surface area contributed by atoms with Gasteiger partial charge in [0.2, 0.25) is 0 Å². The number of hydrogen-bond donors (Lipinski definition) is 0. The highest BCUT2D eigenvalue weighted by Crippen LogP contribution is 2.31. The van der Waals surface area contributed by atoms with Crippen LogP contribution in [0.1, 0.15) is 32.7 Å². The minimum atomic E-state index is 0.000937. The number of carbonyl (C=O) groups excluding carboxylic acids is 1. The molecule has 21 heavy (non-hydrogen) atoms. The molecule has 0 radical (unpaired) electrons. The number of aryl methyl sites for hydroxylation is 1. The van der Waals surface area contributed by atoms with Crippen LogP contribution in [-0.2, 0) is 12.8 Å². The maximum Gasteiger partial charge on any atom is 0.166 e. The van der Waals surface area contributed by atoms with Gasteiger partial charge < -0.3 is 4.74 Å². The Labute approximate surface area is 125 Å². The maximum absolute atomic E-state index is 12.5. The van der Waals surface area contributed by atoms with Gasteiger partial charge in [-0.3, -0.25) is 9.78 Å². The van der Waals surface area contributed by atoms with Gasteiger partial charge in [-0.05, 0) is 25.8 Å². The molecule has 1 aliphatic carbocycles. The van der Waals surface area contributed by atoms with Crippen molar-refractivity contribution in [3.05, 3.63) is 58.4 Å². The molecule has 3 nitrogen and oxygen atoms in total. The summed E-state index contributed by atoms with van der Waals surface area (Å²) < 4.78 is 5.44. The second kappa shape index (κ2) is 5.32. The number of ketones is 1. The van der Waals surface area contributed by atoms with Crippen LogP contribution in [0.4, 0.5) is 0 Å². The highest BCUT2D eigenvalue weighted by molar-refractivity contribution is 6.02. The van der Waals surface area contributed by atoms with E-state index in [9.17, 15) is 4.79 Å². The molecular weight excluding hydrogens is 262 g/mol. The normalized spacial score (nSPS) is 16.9. The number of nitrogens with zero attached hydrogens (tertiary/aromatic N) is 1. The smallest absolute Gasteiger partial charge is 0.166 e. The number of ether oxygens (including phenoxy) is 1. The first kappa shape index (κ1) is 13.8. The molecule has 1 atom stereocenters. The molecule has 1 aromatic heterocycles. The standard InChI is InChI=1S/C18H19NO2/c1-11-10-19-16(12(2)18(11)21-3)9-14-8-13-6-4-5-7-15(13)17(14)20/h4-7,10,14H,8-9H2,1-3H3. The van der Waals surface area contributed by atoms with E-state index in [1.165, 1.54) is 0 Å². The van der Waals surface area contributed by atoms with Crippen LogP contribution < -0.4 is 4.74 Å². The van der Waals surface area contributed by atoms with Crippen LogP contribution in [0.25, 0.3) is 0 Å². The van der Waals surface area contributed by atoms with Crippen molar-refractivity contribution < 1.29 is 9.53 Å². The number of carbonyl (C=O) groups is 1. The van der Waals surface area contributed by atoms with Crippen LogP contribution in [0.3, 0.4) is 0 Å². The van der Waals surface area contributed by atoms with Gasteiger partial charge in [-0.1, -0.05) is 24.3 Å². The Morgan fingerprint density at radius 3 is 2.76 bits per heavy atom. The number of fused-ring (bicyclic) bond motifs is 1. The van der Waals surface area contributed by atoms with E-state index >= 15 is 0 Å². The topological polar surface area (TPSA) is 39.2 Å². The van der Waals surface area contributed by atoms with Gasteiger partial charge in [-0.15, -0.1) is 0 Å². The lowest BCUT2D eigenvalue weighted by molar-refractivity contribution is 0.0935. The third-order valence-electron chi connectivity index (χ3n) is 4.31. The van der Waals surface area contributed by atoms with Gasteiger partial charge in [-0.2, -0.15) is 0 Å². The fourth-order valence-electron chi connectivity index (χ4n) is 3.19. The first-order valence-electron chi connectivity index (χ1n) is 7.23. The summed E-state index contributed by atoms with van der Waals surface area (Å²) in [5, 5.41) is 0. The average Bonchev–Trinajstić information content (AvgIpc) is 2.80. The number of methoxy groups -OCH3 is 1. The summed E-state index contributed by atoms with van der Waals surface area (Å²) in [4.78, 5) is 17.0. The van der Waals surface area contributed by atoms with E-state index < -0.39 is 0 Å². The predicted octanol–water partition coefficient (Wildman–Crippen LogP) is 3.30. The lowest BCUT2D eigenvalue weighted by Gasteiger charge is -2.14. The fourth-order valence-corrected chi connectivity index (χ4v) is 3.19. The summed E-state index contributed by atoms with van der Waals surface area (Å²) in [5.41, 5.74) is 5.06. The SMILES string of the molecule is COc1c(C)cnc(CC2Cc3ccccc3C2=O)c1C. The number of Topliss-reactive ketones (excluding diaryl/α,β-unsaturated/α-hetero) is 1. The Kier molecular flexibility index (Phi) is 3.50. The van der Waals surface area contributed by atoms with Crippen molar-refractivity contribution in [3.8, 4) is 5.75 Å². The monoisotopic (exact) mass is 281 g/mol. The Bertz CT molecular complexity index is 706. The largest absolute Gasteiger partial charge is 0.496 e. The molecular formula is C18H19NO2. The second-order valence-corrected chi connectivity index (χ2v) is 5.67. The molecule has 3 rings (SSSR count). The molecule has 0 amide bonds. The average molecular weight is 281 g/mol. The van der Waals surface area contributed by atoms with Gasteiger partial charge >= 0.3 is 0 Å². The van der Waals surface area contributed by atoms with Gasteiger partial charge in [0.1, 0.15) is 5.75 Å². The molecule has 0 spiro atoms. The predicted molar refractivity (Wildman–Crippen MR) is 81.9 cm³/mol. The van der Waals surface area contributed by atoms with Crippen LogP contribution in [0, 0.1) is 19.8 Å². The lowest BCUT2D eigenvalue weighted by Crippen LogP contribution is -2.14. The minimum Gasteiger partial charge on any atom is -0.496 e. The maximum atomic E-state index is 12.5. The molecule has 0 fully saturated rings. The first-order valence-corrected chi connectivity index (χ1v) is 7.23. The molecule has 0 saturated heterocycles. The molecule has 1 heterocycles. The zero-order valence-electron chi connectivity index (χ0n) is 12.6. The van der Waals surface area contributed by atoms with Crippen LogP contribution >= 0.6 is 0 Å². The number of pyridine rings is 1. The summed E-state index contributed by atoms with van der Waals surface area (Å²) >= 11 is 0. The molecule has 1 aliphatic rings. The van der Waals surface area contributed by atoms with Crippen LogP contribution in [-0.4, -0.2) is 17.9 Å².